The Morgan fingerprint density at radius 2 is 2.29 bits per heavy atom. The minimum absolute atomic E-state index is 0.0537. The van der Waals surface area contributed by atoms with Crippen molar-refractivity contribution < 1.29 is 9.90 Å². The minimum atomic E-state index is -0.290. The molecule has 0 spiro atoms. The average Bonchev–Trinajstić information content (AvgIpc) is 2.75. The van der Waals surface area contributed by atoms with Gasteiger partial charge in [0.25, 0.3) is 5.91 Å². The van der Waals surface area contributed by atoms with Gasteiger partial charge in [-0.3, -0.25) is 4.79 Å². The molecule has 1 saturated heterocycles. The van der Waals surface area contributed by atoms with Crippen molar-refractivity contribution in [2.24, 2.45) is 5.92 Å². The van der Waals surface area contributed by atoms with Crippen molar-refractivity contribution >= 4 is 22.4 Å². The van der Waals surface area contributed by atoms with Crippen LogP contribution in [0.3, 0.4) is 0 Å². The van der Waals surface area contributed by atoms with Crippen LogP contribution in [0.1, 0.15) is 30.3 Å². The van der Waals surface area contributed by atoms with E-state index in [0.29, 0.717) is 29.8 Å². The third-order valence-electron chi connectivity index (χ3n) is 3.25. The number of carbonyl (C=O) groups excluding carboxylic acids is 1. The zero-order chi connectivity index (χ0) is 12.4. The number of aliphatic hydroxyl groups excluding tert-OH is 1. The van der Waals surface area contributed by atoms with E-state index in [-0.39, 0.29) is 12.0 Å². The van der Waals surface area contributed by atoms with Crippen molar-refractivity contribution in [1.82, 2.24) is 9.88 Å². The lowest BCUT2D eigenvalue weighted by molar-refractivity contribution is 0.0518. The number of aliphatic hydroxyl groups is 1. The van der Waals surface area contributed by atoms with Crippen LogP contribution < -0.4 is 5.73 Å². The van der Waals surface area contributed by atoms with E-state index in [0.717, 1.165) is 12.8 Å². The Balaban J connectivity index is 1.95. The summed E-state index contributed by atoms with van der Waals surface area (Å²) in [4.78, 5) is 17.8. The molecule has 17 heavy (non-hydrogen) atoms. The number of nitrogens with zero attached hydrogens (tertiary/aromatic N) is 2. The van der Waals surface area contributed by atoms with Gasteiger partial charge in [0.2, 0.25) is 0 Å². The van der Waals surface area contributed by atoms with Gasteiger partial charge in [0.05, 0.1) is 6.10 Å². The van der Waals surface area contributed by atoms with Crippen LogP contribution >= 0.6 is 11.3 Å². The monoisotopic (exact) mass is 255 g/mol. The van der Waals surface area contributed by atoms with Gasteiger partial charge >= 0.3 is 0 Å². The summed E-state index contributed by atoms with van der Waals surface area (Å²) in [6, 6.07) is 0. The lowest BCUT2D eigenvalue weighted by Gasteiger charge is -2.32. The minimum Gasteiger partial charge on any atom is -0.393 e. The predicted octanol–water partition coefficient (Wildman–Crippen LogP) is 0.958. The molecule has 0 saturated carbocycles. The van der Waals surface area contributed by atoms with Gasteiger partial charge in [-0.2, -0.15) is 0 Å². The molecule has 1 aliphatic rings. The van der Waals surface area contributed by atoms with Crippen LogP contribution in [0.4, 0.5) is 5.13 Å². The Morgan fingerprint density at radius 1 is 1.65 bits per heavy atom. The van der Waals surface area contributed by atoms with Crippen molar-refractivity contribution in [3.63, 3.8) is 0 Å². The third kappa shape index (κ3) is 2.76. The van der Waals surface area contributed by atoms with E-state index in [9.17, 15) is 9.90 Å². The number of anilines is 1. The largest absolute Gasteiger partial charge is 0.393 e. The van der Waals surface area contributed by atoms with Crippen molar-refractivity contribution in [1.29, 1.82) is 0 Å². The molecule has 2 rings (SSSR count). The maximum absolute atomic E-state index is 12.0. The summed E-state index contributed by atoms with van der Waals surface area (Å²) >= 11 is 1.28. The number of likely N-dealkylation sites (tertiary alicyclic amines) is 1. The van der Waals surface area contributed by atoms with Crippen molar-refractivity contribution in [3.8, 4) is 0 Å². The fourth-order valence-corrected chi connectivity index (χ4v) is 2.67. The molecule has 0 radical (unpaired) electrons. The molecule has 1 aromatic rings. The van der Waals surface area contributed by atoms with Crippen LogP contribution in [0.15, 0.2) is 5.38 Å². The Morgan fingerprint density at radius 3 is 2.76 bits per heavy atom. The molecule has 1 fully saturated rings. The van der Waals surface area contributed by atoms with Gasteiger partial charge in [0.1, 0.15) is 5.69 Å². The summed E-state index contributed by atoms with van der Waals surface area (Å²) in [6.45, 7) is 3.18. The molecule has 1 unspecified atom stereocenters. The third-order valence-corrected chi connectivity index (χ3v) is 3.92. The molecule has 3 N–H and O–H groups in total. The van der Waals surface area contributed by atoms with Gasteiger partial charge in [-0.15, -0.1) is 11.3 Å². The zero-order valence-corrected chi connectivity index (χ0v) is 10.6. The van der Waals surface area contributed by atoms with Crippen LogP contribution in [0, 0.1) is 5.92 Å². The standard InChI is InChI=1S/C11H17N3O2S/c1-7(15)8-2-4-14(5-3-8)10(16)9-6-17-11(12)13-9/h6-8,15H,2-5H2,1H3,(H2,12,13). The number of nitrogen functional groups attached to an aromatic ring is 1. The average molecular weight is 255 g/mol. The molecule has 1 atom stereocenters. The molecule has 1 aromatic heterocycles. The van der Waals surface area contributed by atoms with Crippen LogP contribution in [-0.2, 0) is 0 Å². The lowest BCUT2D eigenvalue weighted by Crippen LogP contribution is -2.40. The summed E-state index contributed by atoms with van der Waals surface area (Å²) in [5.74, 6) is 0.251. The molecule has 0 aliphatic carbocycles. The number of hydrogen-bond donors (Lipinski definition) is 2. The Hall–Kier alpha value is -1.14. The first-order valence-corrected chi connectivity index (χ1v) is 6.64. The highest BCUT2D eigenvalue weighted by Gasteiger charge is 2.26. The number of carbonyl (C=O) groups is 1. The Bertz CT molecular complexity index is 397. The number of hydrogen-bond acceptors (Lipinski definition) is 5. The quantitative estimate of drug-likeness (QED) is 0.825. The Kier molecular flexibility index (Phi) is 3.63. The molecule has 94 valence electrons. The summed E-state index contributed by atoms with van der Waals surface area (Å²) in [5.41, 5.74) is 5.94. The molecular formula is C11H17N3O2S. The first-order valence-electron chi connectivity index (χ1n) is 5.76. The van der Waals surface area contributed by atoms with E-state index in [1.165, 1.54) is 11.3 Å². The second kappa shape index (κ2) is 5.01. The molecular weight excluding hydrogens is 238 g/mol. The lowest BCUT2D eigenvalue weighted by atomic mass is 9.92. The molecule has 1 amide bonds. The van der Waals surface area contributed by atoms with E-state index < -0.39 is 0 Å². The van der Waals surface area contributed by atoms with E-state index in [2.05, 4.69) is 4.98 Å². The Labute approximate surface area is 104 Å². The van der Waals surface area contributed by atoms with Gasteiger partial charge in [0, 0.05) is 18.5 Å². The fourth-order valence-electron chi connectivity index (χ4n) is 2.13. The highest BCUT2D eigenvalue weighted by molar-refractivity contribution is 7.13. The van der Waals surface area contributed by atoms with Gasteiger partial charge in [0.15, 0.2) is 5.13 Å². The molecule has 6 heteroatoms. The molecule has 1 aliphatic heterocycles. The normalized spacial score (nSPS) is 19.3. The van der Waals surface area contributed by atoms with Crippen LogP contribution in [0.5, 0.6) is 0 Å². The van der Waals surface area contributed by atoms with Crippen molar-refractivity contribution in [2.75, 3.05) is 18.8 Å². The maximum atomic E-state index is 12.0. The number of aromatic nitrogens is 1. The molecule has 0 bridgehead atoms. The number of amides is 1. The highest BCUT2D eigenvalue weighted by atomic mass is 32.1. The second-order valence-corrected chi connectivity index (χ2v) is 5.33. The smallest absolute Gasteiger partial charge is 0.273 e. The first kappa shape index (κ1) is 12.3. The maximum Gasteiger partial charge on any atom is 0.273 e. The zero-order valence-electron chi connectivity index (χ0n) is 9.80. The number of nitrogens with two attached hydrogens (primary N) is 1. The molecule has 2 heterocycles. The van der Waals surface area contributed by atoms with Gasteiger partial charge in [-0.1, -0.05) is 0 Å². The predicted molar refractivity (Wildman–Crippen MR) is 66.8 cm³/mol. The van der Waals surface area contributed by atoms with E-state index in [1.54, 1.807) is 10.3 Å². The first-order chi connectivity index (χ1) is 8.08. The van der Waals surface area contributed by atoms with Gasteiger partial charge in [-0.05, 0) is 25.7 Å². The number of rotatable bonds is 2. The van der Waals surface area contributed by atoms with Gasteiger partial charge in [-0.25, -0.2) is 4.98 Å². The van der Waals surface area contributed by atoms with Crippen molar-refractivity contribution in [3.05, 3.63) is 11.1 Å². The van der Waals surface area contributed by atoms with Crippen molar-refractivity contribution in [2.45, 2.75) is 25.9 Å². The van der Waals surface area contributed by atoms with Crippen LogP contribution in [-0.4, -0.2) is 40.1 Å². The summed E-state index contributed by atoms with van der Waals surface area (Å²) in [7, 11) is 0. The number of piperidine rings is 1. The fraction of sp³-hybridized carbons (Fsp3) is 0.636. The number of thiazole rings is 1. The molecule has 5 nitrogen and oxygen atoms in total. The van der Waals surface area contributed by atoms with E-state index >= 15 is 0 Å². The van der Waals surface area contributed by atoms with E-state index in [4.69, 9.17) is 5.73 Å². The SMILES string of the molecule is CC(O)C1CCN(C(=O)c2csc(N)n2)CC1. The molecule has 0 aromatic carbocycles. The summed E-state index contributed by atoms with van der Waals surface area (Å²) in [6.07, 6.45) is 1.41. The highest BCUT2D eigenvalue weighted by Crippen LogP contribution is 2.22. The topological polar surface area (TPSA) is 79.5 Å². The van der Waals surface area contributed by atoms with Crippen LogP contribution in [0.2, 0.25) is 0 Å². The van der Waals surface area contributed by atoms with E-state index in [1.807, 2.05) is 6.92 Å². The second-order valence-electron chi connectivity index (χ2n) is 4.44. The summed E-state index contributed by atoms with van der Waals surface area (Å²) < 4.78 is 0. The van der Waals surface area contributed by atoms with Crippen LogP contribution in [0.25, 0.3) is 0 Å². The summed E-state index contributed by atoms with van der Waals surface area (Å²) in [5, 5.41) is 11.6. The van der Waals surface area contributed by atoms with Gasteiger partial charge < -0.3 is 15.7 Å².